The van der Waals surface area contributed by atoms with Crippen LogP contribution in [0.1, 0.15) is 0 Å². The summed E-state index contributed by atoms with van der Waals surface area (Å²) in [7, 11) is 0. The zero-order chi connectivity index (χ0) is 17.5. The van der Waals surface area contributed by atoms with Crippen LogP contribution in [0.25, 0.3) is 0 Å². The van der Waals surface area contributed by atoms with E-state index in [1.165, 1.54) is 42.5 Å². The lowest BCUT2D eigenvalue weighted by Crippen LogP contribution is -2.26. The van der Waals surface area contributed by atoms with Crippen LogP contribution in [0.5, 0.6) is 0 Å². The Bertz CT molecular complexity index is 841. The van der Waals surface area contributed by atoms with Crippen molar-refractivity contribution in [2.45, 2.75) is 0 Å². The molecule has 0 aliphatic rings. The second kappa shape index (κ2) is 7.32. The summed E-state index contributed by atoms with van der Waals surface area (Å²) >= 11 is 0. The van der Waals surface area contributed by atoms with Crippen LogP contribution in [0.4, 0.5) is 22.7 Å². The fourth-order valence-electron chi connectivity index (χ4n) is 1.75. The highest BCUT2D eigenvalue weighted by Gasteiger charge is 2.08. The molecule has 24 heavy (non-hydrogen) atoms. The average molecular weight is 326 g/mol. The number of aliphatic imine (C=N–C) groups is 1. The fraction of sp³-hybridized carbons (Fsp3) is 0. The van der Waals surface area contributed by atoms with Gasteiger partial charge in [0.25, 0.3) is 11.4 Å². The Morgan fingerprint density at radius 1 is 1.04 bits per heavy atom. The first-order chi connectivity index (χ1) is 11.5. The number of anilines is 1. The lowest BCUT2D eigenvalue weighted by Gasteiger charge is -2.07. The summed E-state index contributed by atoms with van der Waals surface area (Å²) in [4.78, 5) is 24.4. The second-order valence-corrected chi connectivity index (χ2v) is 4.40. The third-order valence-electron chi connectivity index (χ3n) is 2.80. The SMILES string of the molecule is N#CNC(=Nc1ccc([N+](=O)[O-])cc1)Nc1cccc([N+](=O)[O-])c1. The maximum atomic E-state index is 10.8. The summed E-state index contributed by atoms with van der Waals surface area (Å²) in [6.07, 6.45) is 1.69. The third-order valence-corrected chi connectivity index (χ3v) is 2.80. The molecule has 0 radical (unpaired) electrons. The van der Waals surface area contributed by atoms with Crippen molar-refractivity contribution in [1.82, 2.24) is 5.32 Å². The Hall–Kier alpha value is -4.00. The topological polar surface area (TPSA) is 146 Å². The van der Waals surface area contributed by atoms with Crippen molar-refractivity contribution in [2.75, 3.05) is 5.32 Å². The van der Waals surface area contributed by atoms with E-state index in [1.54, 1.807) is 12.3 Å². The molecule has 0 aliphatic heterocycles. The van der Waals surface area contributed by atoms with E-state index in [4.69, 9.17) is 5.26 Å². The van der Waals surface area contributed by atoms with Crippen molar-refractivity contribution in [3.05, 3.63) is 68.8 Å². The normalized spacial score (nSPS) is 10.5. The lowest BCUT2D eigenvalue weighted by molar-refractivity contribution is -0.385. The van der Waals surface area contributed by atoms with Crippen LogP contribution < -0.4 is 10.6 Å². The summed E-state index contributed by atoms with van der Waals surface area (Å²) in [5.74, 6) is 0.0202. The number of rotatable bonds is 4. The Morgan fingerprint density at radius 3 is 2.29 bits per heavy atom. The maximum Gasteiger partial charge on any atom is 0.271 e. The molecule has 10 heteroatoms. The van der Waals surface area contributed by atoms with E-state index < -0.39 is 9.85 Å². The van der Waals surface area contributed by atoms with E-state index in [9.17, 15) is 20.2 Å². The highest BCUT2D eigenvalue weighted by atomic mass is 16.6. The molecule has 0 bridgehead atoms. The van der Waals surface area contributed by atoms with Gasteiger partial charge in [-0.3, -0.25) is 25.5 Å². The van der Waals surface area contributed by atoms with Gasteiger partial charge in [0.2, 0.25) is 5.96 Å². The van der Waals surface area contributed by atoms with Crippen LogP contribution >= 0.6 is 0 Å². The molecular formula is C14H10N6O4. The van der Waals surface area contributed by atoms with Gasteiger partial charge in [-0.1, -0.05) is 6.07 Å². The predicted molar refractivity (Wildman–Crippen MR) is 85.7 cm³/mol. The molecule has 0 heterocycles. The van der Waals surface area contributed by atoms with Gasteiger partial charge in [-0.15, -0.1) is 0 Å². The van der Waals surface area contributed by atoms with Gasteiger partial charge in [0, 0.05) is 30.0 Å². The standard InChI is InChI=1S/C14H10N6O4/c15-9-16-14(17-10-4-6-12(7-5-10)19(21)22)18-11-2-1-3-13(8-11)20(23)24/h1-8H,(H2,16,17,18). The molecule has 0 saturated carbocycles. The van der Waals surface area contributed by atoms with Gasteiger partial charge in [-0.25, -0.2) is 4.99 Å². The van der Waals surface area contributed by atoms with Crippen molar-refractivity contribution < 1.29 is 9.85 Å². The first-order valence-electron chi connectivity index (χ1n) is 6.49. The first-order valence-corrected chi connectivity index (χ1v) is 6.49. The fourth-order valence-corrected chi connectivity index (χ4v) is 1.75. The molecule has 0 aliphatic carbocycles. The Kier molecular flexibility index (Phi) is 4.99. The Morgan fingerprint density at radius 2 is 1.71 bits per heavy atom. The third kappa shape index (κ3) is 4.25. The van der Waals surface area contributed by atoms with Crippen molar-refractivity contribution in [1.29, 1.82) is 5.26 Å². The van der Waals surface area contributed by atoms with Gasteiger partial charge in [-0.2, -0.15) is 5.26 Å². The van der Waals surface area contributed by atoms with Crippen LogP contribution in [-0.4, -0.2) is 15.8 Å². The number of guanidine groups is 1. The van der Waals surface area contributed by atoms with Gasteiger partial charge >= 0.3 is 0 Å². The molecule has 0 spiro atoms. The largest absolute Gasteiger partial charge is 0.325 e. The van der Waals surface area contributed by atoms with Crippen LogP contribution in [0, 0.1) is 31.7 Å². The molecule has 2 N–H and O–H groups in total. The molecule has 0 amide bonds. The van der Waals surface area contributed by atoms with Crippen molar-refractivity contribution in [3.8, 4) is 6.19 Å². The summed E-state index contributed by atoms with van der Waals surface area (Å²) in [5, 5.41) is 35.2. The smallest absolute Gasteiger partial charge is 0.271 e. The molecule has 2 rings (SSSR count). The van der Waals surface area contributed by atoms with E-state index in [-0.39, 0.29) is 17.3 Å². The highest BCUT2D eigenvalue weighted by Crippen LogP contribution is 2.19. The second-order valence-electron chi connectivity index (χ2n) is 4.40. The molecule has 2 aromatic carbocycles. The van der Waals surface area contributed by atoms with Crippen molar-refractivity contribution in [3.63, 3.8) is 0 Å². The molecule has 0 unspecified atom stereocenters. The number of nitro groups is 2. The van der Waals surface area contributed by atoms with E-state index in [0.29, 0.717) is 11.4 Å². The van der Waals surface area contributed by atoms with Gasteiger partial charge in [-0.05, 0) is 18.2 Å². The summed E-state index contributed by atoms with van der Waals surface area (Å²) in [5.41, 5.74) is 0.505. The van der Waals surface area contributed by atoms with E-state index in [0.717, 1.165) is 0 Å². The molecule has 10 nitrogen and oxygen atoms in total. The summed E-state index contributed by atoms with van der Waals surface area (Å²) in [6, 6.07) is 11.0. The predicted octanol–water partition coefficient (Wildman–Crippen LogP) is 2.67. The molecule has 0 fully saturated rings. The minimum atomic E-state index is -0.546. The van der Waals surface area contributed by atoms with E-state index in [2.05, 4.69) is 15.6 Å². The number of nitrogens with one attached hydrogen (secondary N) is 2. The van der Waals surface area contributed by atoms with Crippen LogP contribution in [-0.2, 0) is 0 Å². The minimum absolute atomic E-state index is 0.0202. The monoisotopic (exact) mass is 326 g/mol. The molecule has 0 aromatic heterocycles. The van der Waals surface area contributed by atoms with Crippen LogP contribution in [0.3, 0.4) is 0 Å². The number of hydrogen-bond acceptors (Lipinski definition) is 6. The average Bonchev–Trinajstić information content (AvgIpc) is 2.55. The lowest BCUT2D eigenvalue weighted by atomic mass is 10.3. The van der Waals surface area contributed by atoms with Gasteiger partial charge in [0.05, 0.1) is 15.5 Å². The van der Waals surface area contributed by atoms with Crippen LogP contribution in [0.2, 0.25) is 0 Å². The number of nitriles is 1. The number of nitro benzene ring substituents is 2. The van der Waals surface area contributed by atoms with Crippen molar-refractivity contribution >= 4 is 28.7 Å². The number of non-ortho nitro benzene ring substituents is 2. The molecule has 0 saturated heterocycles. The van der Waals surface area contributed by atoms with E-state index >= 15 is 0 Å². The Labute approximate surface area is 135 Å². The summed E-state index contributed by atoms with van der Waals surface area (Å²) in [6.45, 7) is 0. The van der Waals surface area contributed by atoms with Gasteiger partial charge in [0.15, 0.2) is 6.19 Å². The zero-order valence-electron chi connectivity index (χ0n) is 12.0. The molecular weight excluding hydrogens is 316 g/mol. The maximum absolute atomic E-state index is 10.8. The molecule has 120 valence electrons. The number of hydrogen-bond donors (Lipinski definition) is 2. The first kappa shape index (κ1) is 16.4. The van der Waals surface area contributed by atoms with Gasteiger partial charge in [0.1, 0.15) is 0 Å². The molecule has 0 atom stereocenters. The zero-order valence-corrected chi connectivity index (χ0v) is 12.0. The minimum Gasteiger partial charge on any atom is -0.325 e. The highest BCUT2D eigenvalue weighted by molar-refractivity contribution is 5.96. The number of nitrogens with zero attached hydrogens (tertiary/aromatic N) is 4. The number of benzene rings is 2. The van der Waals surface area contributed by atoms with Crippen LogP contribution in [0.15, 0.2) is 53.5 Å². The Balaban J connectivity index is 2.25. The quantitative estimate of drug-likeness (QED) is 0.219. The van der Waals surface area contributed by atoms with E-state index in [1.807, 2.05) is 0 Å². The van der Waals surface area contributed by atoms with Gasteiger partial charge < -0.3 is 5.32 Å². The summed E-state index contributed by atoms with van der Waals surface area (Å²) < 4.78 is 0. The van der Waals surface area contributed by atoms with Crippen molar-refractivity contribution in [2.24, 2.45) is 4.99 Å². The molecule has 2 aromatic rings.